The number of hydrogen-bond acceptors (Lipinski definition) is 5. The number of carbonyl (C=O) groups excluding carboxylic acids is 2. The van der Waals surface area contributed by atoms with Crippen LogP contribution in [0.15, 0.2) is 47.4 Å². The van der Waals surface area contributed by atoms with E-state index in [0.29, 0.717) is 11.3 Å². The fourth-order valence-electron chi connectivity index (χ4n) is 2.09. The van der Waals surface area contributed by atoms with Crippen molar-refractivity contribution in [1.82, 2.24) is 4.72 Å². The van der Waals surface area contributed by atoms with Crippen LogP contribution in [0, 0.1) is 0 Å². The second-order valence-electron chi connectivity index (χ2n) is 5.48. The summed E-state index contributed by atoms with van der Waals surface area (Å²) in [6.07, 6.45) is 0. The molecule has 10 heteroatoms. The van der Waals surface area contributed by atoms with E-state index in [2.05, 4.69) is 14.8 Å². The number of nitrogens with one attached hydrogen (secondary N) is 2. The average Bonchev–Trinajstić information content (AvgIpc) is 2.63. The summed E-state index contributed by atoms with van der Waals surface area (Å²) in [4.78, 5) is 23.4. The minimum atomic E-state index is -4.06. The zero-order valence-corrected chi connectivity index (χ0v) is 16.7. The molecule has 2 rings (SSSR count). The third-order valence-electron chi connectivity index (χ3n) is 3.48. The van der Waals surface area contributed by atoms with Crippen molar-refractivity contribution in [2.24, 2.45) is 0 Å². The Morgan fingerprint density at radius 1 is 1.07 bits per heavy atom. The van der Waals surface area contributed by atoms with Gasteiger partial charge in [-0.05, 0) is 49.4 Å². The lowest BCUT2D eigenvalue weighted by Crippen LogP contribution is -2.41. The molecule has 0 radical (unpaired) electrons. The quantitative estimate of drug-likeness (QED) is 0.685. The molecule has 1 amide bonds. The van der Waals surface area contributed by atoms with Gasteiger partial charge in [0.2, 0.25) is 15.9 Å². The summed E-state index contributed by atoms with van der Waals surface area (Å²) in [5, 5.41) is 2.73. The van der Waals surface area contributed by atoms with Crippen molar-refractivity contribution in [3.8, 4) is 0 Å². The molecule has 2 N–H and O–H groups in total. The Balaban J connectivity index is 2.09. The molecule has 0 spiro atoms. The maximum absolute atomic E-state index is 12.4. The second-order valence-corrected chi connectivity index (χ2v) is 8.00. The SMILES string of the molecule is COC(=O)c1ccc(NC(=O)C(C)NS(=O)(=O)c2cc(Cl)ccc2Cl)cc1. The minimum Gasteiger partial charge on any atom is -0.465 e. The normalized spacial score (nSPS) is 12.3. The van der Waals surface area contributed by atoms with Gasteiger partial charge < -0.3 is 10.1 Å². The number of benzene rings is 2. The van der Waals surface area contributed by atoms with Crippen molar-refractivity contribution >= 4 is 50.8 Å². The van der Waals surface area contributed by atoms with Gasteiger partial charge in [-0.15, -0.1) is 0 Å². The Labute approximate surface area is 166 Å². The fourth-order valence-corrected chi connectivity index (χ4v) is 4.06. The third kappa shape index (κ3) is 5.43. The lowest BCUT2D eigenvalue weighted by molar-refractivity contribution is -0.117. The largest absolute Gasteiger partial charge is 0.465 e. The van der Waals surface area contributed by atoms with Crippen LogP contribution in [0.25, 0.3) is 0 Å². The van der Waals surface area contributed by atoms with Gasteiger partial charge in [-0.1, -0.05) is 23.2 Å². The number of anilines is 1. The molecule has 2 aromatic rings. The highest BCUT2D eigenvalue weighted by Gasteiger charge is 2.24. The zero-order chi connectivity index (χ0) is 20.2. The van der Waals surface area contributed by atoms with E-state index >= 15 is 0 Å². The maximum atomic E-state index is 12.4. The molecule has 1 atom stereocenters. The van der Waals surface area contributed by atoms with E-state index in [0.717, 1.165) is 0 Å². The highest BCUT2D eigenvalue weighted by molar-refractivity contribution is 7.89. The van der Waals surface area contributed by atoms with E-state index in [4.69, 9.17) is 23.2 Å². The summed E-state index contributed by atoms with van der Waals surface area (Å²) in [5.41, 5.74) is 0.708. The molecule has 27 heavy (non-hydrogen) atoms. The number of ether oxygens (including phenoxy) is 1. The average molecular weight is 431 g/mol. The van der Waals surface area contributed by atoms with E-state index in [9.17, 15) is 18.0 Å². The number of sulfonamides is 1. The monoisotopic (exact) mass is 430 g/mol. The summed E-state index contributed by atoms with van der Waals surface area (Å²) in [7, 11) is -2.80. The molecule has 0 aromatic heterocycles. The Morgan fingerprint density at radius 3 is 2.30 bits per heavy atom. The molecule has 144 valence electrons. The summed E-state index contributed by atoms with van der Waals surface area (Å²) < 4.78 is 31.7. The van der Waals surface area contributed by atoms with Crippen molar-refractivity contribution in [1.29, 1.82) is 0 Å². The van der Waals surface area contributed by atoms with Gasteiger partial charge in [0.05, 0.1) is 23.7 Å². The molecule has 7 nitrogen and oxygen atoms in total. The van der Waals surface area contributed by atoms with Gasteiger partial charge >= 0.3 is 5.97 Å². The third-order valence-corrected chi connectivity index (χ3v) is 5.74. The number of carbonyl (C=O) groups is 2. The molecule has 0 bridgehead atoms. The Hall–Kier alpha value is -2.13. The summed E-state index contributed by atoms with van der Waals surface area (Å²) in [6.45, 7) is 1.38. The first-order valence-corrected chi connectivity index (χ1v) is 9.84. The van der Waals surface area contributed by atoms with Crippen LogP contribution in [-0.2, 0) is 19.6 Å². The van der Waals surface area contributed by atoms with Crippen LogP contribution < -0.4 is 10.0 Å². The number of rotatable bonds is 6. The number of halogens is 2. The van der Waals surface area contributed by atoms with Crippen molar-refractivity contribution in [2.75, 3.05) is 12.4 Å². The van der Waals surface area contributed by atoms with Crippen LogP contribution in [0.2, 0.25) is 10.0 Å². The lowest BCUT2D eigenvalue weighted by atomic mass is 10.2. The van der Waals surface area contributed by atoms with E-state index < -0.39 is 27.9 Å². The van der Waals surface area contributed by atoms with Gasteiger partial charge in [0, 0.05) is 10.7 Å². The van der Waals surface area contributed by atoms with Crippen LogP contribution in [0.1, 0.15) is 17.3 Å². The van der Waals surface area contributed by atoms with Gasteiger partial charge in [-0.3, -0.25) is 4.79 Å². The Morgan fingerprint density at radius 2 is 1.70 bits per heavy atom. The van der Waals surface area contributed by atoms with Gasteiger partial charge in [0.1, 0.15) is 4.90 Å². The van der Waals surface area contributed by atoms with Crippen LogP contribution in [0.3, 0.4) is 0 Å². The zero-order valence-electron chi connectivity index (χ0n) is 14.3. The first-order chi connectivity index (χ1) is 12.6. The van der Waals surface area contributed by atoms with Crippen molar-refractivity contribution in [3.63, 3.8) is 0 Å². The molecule has 0 fully saturated rings. The van der Waals surface area contributed by atoms with Gasteiger partial charge in [-0.25, -0.2) is 13.2 Å². The molecule has 0 heterocycles. The summed E-state index contributed by atoms with van der Waals surface area (Å²) in [6, 6.07) is 8.86. The highest BCUT2D eigenvalue weighted by Crippen LogP contribution is 2.25. The van der Waals surface area contributed by atoms with E-state index in [1.54, 1.807) is 0 Å². The second kappa shape index (κ2) is 8.71. The standard InChI is InChI=1S/C17H16Cl2N2O5S/c1-10(21-27(24,25)15-9-12(18)5-8-14(15)19)16(22)20-13-6-3-11(4-7-13)17(23)26-2/h3-10,21H,1-2H3,(H,20,22). The van der Waals surface area contributed by atoms with Crippen LogP contribution >= 0.6 is 23.2 Å². The van der Waals surface area contributed by atoms with Crippen molar-refractivity contribution in [3.05, 3.63) is 58.1 Å². The Bertz CT molecular complexity index is 962. The molecule has 0 aliphatic rings. The van der Waals surface area contributed by atoms with Crippen molar-refractivity contribution in [2.45, 2.75) is 17.9 Å². The van der Waals surface area contributed by atoms with Gasteiger partial charge in [0.25, 0.3) is 0 Å². The van der Waals surface area contributed by atoms with Gasteiger partial charge in [0.15, 0.2) is 0 Å². The number of esters is 1. The number of amides is 1. The molecular formula is C17H16Cl2N2O5S. The topological polar surface area (TPSA) is 102 Å². The lowest BCUT2D eigenvalue weighted by Gasteiger charge is -2.15. The van der Waals surface area contributed by atoms with Crippen LogP contribution in [0.4, 0.5) is 5.69 Å². The highest BCUT2D eigenvalue weighted by atomic mass is 35.5. The molecule has 0 saturated heterocycles. The molecule has 1 unspecified atom stereocenters. The Kier molecular flexibility index (Phi) is 6.83. The first-order valence-electron chi connectivity index (χ1n) is 7.60. The first kappa shape index (κ1) is 21.2. The smallest absolute Gasteiger partial charge is 0.337 e. The van der Waals surface area contributed by atoms with E-state index in [1.165, 1.54) is 56.5 Å². The van der Waals surface area contributed by atoms with E-state index in [-0.39, 0.29) is 14.9 Å². The minimum absolute atomic E-state index is 0.0158. The fraction of sp³-hybridized carbons (Fsp3) is 0.176. The predicted molar refractivity (Wildman–Crippen MR) is 103 cm³/mol. The predicted octanol–water partition coefficient (Wildman–Crippen LogP) is 3.09. The molecule has 0 aliphatic heterocycles. The molecule has 0 aliphatic carbocycles. The molecular weight excluding hydrogens is 415 g/mol. The molecule has 0 saturated carbocycles. The number of methoxy groups -OCH3 is 1. The van der Waals surface area contributed by atoms with Crippen molar-refractivity contribution < 1.29 is 22.7 Å². The van der Waals surface area contributed by atoms with Crippen LogP contribution in [0.5, 0.6) is 0 Å². The molecule has 2 aromatic carbocycles. The van der Waals surface area contributed by atoms with E-state index in [1.807, 2.05) is 0 Å². The van der Waals surface area contributed by atoms with Gasteiger partial charge in [-0.2, -0.15) is 4.72 Å². The maximum Gasteiger partial charge on any atom is 0.337 e. The summed E-state index contributed by atoms with van der Waals surface area (Å²) >= 11 is 11.7. The summed E-state index contributed by atoms with van der Waals surface area (Å²) in [5.74, 6) is -1.10. The number of hydrogen-bond donors (Lipinski definition) is 2. The van der Waals surface area contributed by atoms with Crippen LogP contribution in [-0.4, -0.2) is 33.4 Å².